The first-order valence-corrected chi connectivity index (χ1v) is 16.3. The molecule has 0 spiro atoms. The molecule has 0 aromatic heterocycles. The summed E-state index contributed by atoms with van der Waals surface area (Å²) < 4.78 is 0. The van der Waals surface area contributed by atoms with Gasteiger partial charge in [0.05, 0.1) is 0 Å². The van der Waals surface area contributed by atoms with Gasteiger partial charge in [0.15, 0.2) is 0 Å². The average Bonchev–Trinajstić information content (AvgIpc) is 2.33. The molecule has 0 radical (unpaired) electrons. The molecule has 0 fully saturated rings. The summed E-state index contributed by atoms with van der Waals surface area (Å²) in [5.41, 5.74) is 2.39. The summed E-state index contributed by atoms with van der Waals surface area (Å²) in [6, 6.07) is 21.9. The van der Waals surface area contributed by atoms with E-state index < -0.39 is 0 Å². The van der Waals surface area contributed by atoms with E-state index in [0.717, 1.165) is 0 Å². The number of benzene rings is 2. The molecule has 0 bridgehead atoms. The summed E-state index contributed by atoms with van der Waals surface area (Å²) in [5.74, 6) is 0. The van der Waals surface area contributed by atoms with Crippen molar-refractivity contribution in [1.29, 1.82) is 0 Å². The molecule has 88 valence electrons. The van der Waals surface area contributed by atoms with E-state index in [1.165, 1.54) is 11.1 Å². The molecule has 0 aliphatic heterocycles. The zero-order valence-electron chi connectivity index (χ0n) is 9.87. The van der Waals surface area contributed by atoms with Gasteiger partial charge in [0, 0.05) is 0 Å². The molecule has 2 rings (SSSR count). The number of rotatable bonds is 0. The van der Waals surface area contributed by atoms with Crippen LogP contribution in [0, 0.1) is 26.0 Å². The van der Waals surface area contributed by atoms with Crippen molar-refractivity contribution in [1.82, 2.24) is 0 Å². The predicted octanol–water partition coefficient (Wildman–Crippen LogP) is 5.28. The maximum absolute atomic E-state index is 3.23. The Bertz CT molecular complexity index is 325. The van der Waals surface area contributed by atoms with E-state index >= 15 is 0 Å². The monoisotopic (exact) mass is 430 g/mol. The molecule has 0 heterocycles. The molecule has 0 nitrogen and oxygen atoms in total. The van der Waals surface area contributed by atoms with Crippen LogP contribution in [0.1, 0.15) is 11.1 Å². The molecule has 0 saturated carbocycles. The van der Waals surface area contributed by atoms with Gasteiger partial charge < -0.3 is 0 Å². The van der Waals surface area contributed by atoms with Gasteiger partial charge >= 0.3 is 43.0 Å². The second kappa shape index (κ2) is 12.7. The third-order valence-electron chi connectivity index (χ3n) is 1.73. The van der Waals surface area contributed by atoms with E-state index in [1.807, 2.05) is 62.4 Å². The first-order chi connectivity index (χ1) is 8.20. The quantitative estimate of drug-likeness (QED) is 0.496. The molecule has 0 aliphatic rings. The maximum atomic E-state index is 3.23. The molecule has 0 aliphatic carbocycles. The summed E-state index contributed by atoms with van der Waals surface area (Å²) in [7, 11) is 0. The first-order valence-electron chi connectivity index (χ1n) is 5.03. The molecule has 0 saturated heterocycles. The molecular weight excluding hydrogens is 419 g/mol. The SMILES string of the molecule is Cc1[c-]cccc1.Cc1[c-]cccc1.[Br][Zr+2][Br]. The van der Waals surface area contributed by atoms with Crippen LogP contribution in [0.25, 0.3) is 0 Å². The Labute approximate surface area is 127 Å². The van der Waals surface area contributed by atoms with E-state index in [2.05, 4.69) is 36.6 Å². The summed E-state index contributed by atoms with van der Waals surface area (Å²) in [6.45, 7) is 4.06. The van der Waals surface area contributed by atoms with Gasteiger partial charge in [0.2, 0.25) is 0 Å². The minimum absolute atomic E-state index is 0.145. The summed E-state index contributed by atoms with van der Waals surface area (Å²) >= 11 is 6.32. The van der Waals surface area contributed by atoms with Crippen molar-refractivity contribution in [3.63, 3.8) is 0 Å². The van der Waals surface area contributed by atoms with E-state index in [4.69, 9.17) is 0 Å². The Morgan fingerprint density at radius 3 is 1.29 bits per heavy atom. The second-order valence-electron chi connectivity index (χ2n) is 3.16. The molecule has 0 amide bonds. The zero-order chi connectivity index (χ0) is 12.9. The van der Waals surface area contributed by atoms with Gasteiger partial charge in [-0.15, -0.1) is 0 Å². The third-order valence-corrected chi connectivity index (χ3v) is 1.73. The average molecular weight is 433 g/mol. The predicted molar refractivity (Wildman–Crippen MR) is 77.9 cm³/mol. The van der Waals surface area contributed by atoms with Gasteiger partial charge in [0.1, 0.15) is 0 Å². The second-order valence-corrected chi connectivity index (χ2v) is 14.5. The van der Waals surface area contributed by atoms with Crippen LogP contribution in [0.4, 0.5) is 0 Å². The molecular formula is C14H14Br2Zr. The van der Waals surface area contributed by atoms with Crippen molar-refractivity contribution < 1.29 is 18.5 Å². The van der Waals surface area contributed by atoms with Crippen molar-refractivity contribution in [2.24, 2.45) is 0 Å². The van der Waals surface area contributed by atoms with Crippen LogP contribution in [0.2, 0.25) is 0 Å². The van der Waals surface area contributed by atoms with Crippen LogP contribution >= 0.6 is 24.4 Å². The fourth-order valence-corrected chi connectivity index (χ4v) is 0.966. The van der Waals surface area contributed by atoms with E-state index in [9.17, 15) is 0 Å². The standard InChI is InChI=1S/2C7H7.2BrH.Zr/c2*1-7-5-3-2-4-6-7;;;/h2*2-5H,1H3;2*1H;/q2*-1;;;+4/p-2. The topological polar surface area (TPSA) is 0 Å². The summed E-state index contributed by atoms with van der Waals surface area (Å²) in [5, 5.41) is 0. The van der Waals surface area contributed by atoms with Crippen molar-refractivity contribution in [2.75, 3.05) is 0 Å². The van der Waals surface area contributed by atoms with E-state index in [1.54, 1.807) is 0 Å². The summed E-state index contributed by atoms with van der Waals surface area (Å²) in [6.07, 6.45) is 0. The fraction of sp³-hybridized carbons (Fsp3) is 0.143. The molecule has 0 unspecified atom stereocenters. The summed E-state index contributed by atoms with van der Waals surface area (Å²) in [4.78, 5) is 0. The first kappa shape index (κ1) is 17.3. The Morgan fingerprint density at radius 1 is 0.824 bits per heavy atom. The molecule has 0 atom stereocenters. The van der Waals surface area contributed by atoms with Crippen molar-refractivity contribution in [2.45, 2.75) is 13.8 Å². The van der Waals surface area contributed by atoms with Crippen LogP contribution in [0.15, 0.2) is 48.5 Å². The van der Waals surface area contributed by atoms with Crippen LogP contribution < -0.4 is 0 Å². The van der Waals surface area contributed by atoms with Gasteiger partial charge in [0.25, 0.3) is 0 Å². The van der Waals surface area contributed by atoms with Crippen molar-refractivity contribution in [3.8, 4) is 0 Å². The fourth-order valence-electron chi connectivity index (χ4n) is 0.966. The molecule has 2 aromatic carbocycles. The van der Waals surface area contributed by atoms with Gasteiger partial charge in [-0.1, -0.05) is 13.8 Å². The molecule has 17 heavy (non-hydrogen) atoms. The molecule has 3 heteroatoms. The molecule has 0 N–H and O–H groups in total. The van der Waals surface area contributed by atoms with Gasteiger partial charge in [-0.2, -0.15) is 71.8 Å². The Balaban J connectivity index is 0.000000247. The Morgan fingerprint density at radius 2 is 1.18 bits per heavy atom. The molecule has 2 aromatic rings. The van der Waals surface area contributed by atoms with Crippen LogP contribution in [-0.4, -0.2) is 0 Å². The van der Waals surface area contributed by atoms with Gasteiger partial charge in [-0.05, 0) is 0 Å². The van der Waals surface area contributed by atoms with E-state index in [0.29, 0.717) is 0 Å². The number of hydrogen-bond acceptors (Lipinski definition) is 0. The number of aryl methyl sites for hydroxylation is 2. The van der Waals surface area contributed by atoms with Crippen LogP contribution in [-0.2, 0) is 18.5 Å². The van der Waals surface area contributed by atoms with Crippen LogP contribution in [0.3, 0.4) is 0 Å². The van der Waals surface area contributed by atoms with Gasteiger partial charge in [-0.25, -0.2) is 0 Å². The Hall–Kier alpha value is 0.283. The third kappa shape index (κ3) is 12.5. The number of hydrogen-bond donors (Lipinski definition) is 0. The Kier molecular flexibility index (Phi) is 12.9. The number of halogens is 2. The van der Waals surface area contributed by atoms with E-state index in [-0.39, 0.29) is 18.5 Å². The van der Waals surface area contributed by atoms with Crippen molar-refractivity contribution >= 4 is 24.4 Å². The van der Waals surface area contributed by atoms with Crippen LogP contribution in [0.5, 0.6) is 0 Å². The normalized spacial score (nSPS) is 7.76. The van der Waals surface area contributed by atoms with Crippen molar-refractivity contribution in [3.05, 3.63) is 71.8 Å². The zero-order valence-corrected chi connectivity index (χ0v) is 15.5. The minimum atomic E-state index is -0.145. The van der Waals surface area contributed by atoms with Gasteiger partial charge in [-0.3, -0.25) is 0 Å².